The maximum Gasteiger partial charge on any atom is 0.0587 e. The molecular weight excluding hydrogens is 114 g/mol. The van der Waals surface area contributed by atoms with E-state index in [0.29, 0.717) is 12.6 Å². The summed E-state index contributed by atoms with van der Waals surface area (Å²) in [6, 6.07) is 0.407. The lowest BCUT2D eigenvalue weighted by Gasteiger charge is -2.36. The Kier molecular flexibility index (Phi) is 2.49. The van der Waals surface area contributed by atoms with Crippen molar-refractivity contribution in [2.45, 2.75) is 25.8 Å². The van der Waals surface area contributed by atoms with E-state index in [0.717, 1.165) is 12.5 Å². The zero-order chi connectivity index (χ0) is 6.69. The van der Waals surface area contributed by atoms with Crippen LogP contribution in [-0.4, -0.2) is 24.3 Å². The number of rotatable bonds is 3. The van der Waals surface area contributed by atoms with Gasteiger partial charge in [-0.1, -0.05) is 13.3 Å². The van der Waals surface area contributed by atoms with Gasteiger partial charge in [0.2, 0.25) is 0 Å². The maximum atomic E-state index is 8.72. The monoisotopic (exact) mass is 129 g/mol. The molecule has 0 aromatic heterocycles. The molecule has 1 saturated heterocycles. The summed E-state index contributed by atoms with van der Waals surface area (Å²) in [6.07, 6.45) is 2.50. The van der Waals surface area contributed by atoms with Crippen molar-refractivity contribution in [3.8, 4) is 0 Å². The molecule has 0 aliphatic carbocycles. The fourth-order valence-electron chi connectivity index (χ4n) is 1.34. The van der Waals surface area contributed by atoms with Crippen LogP contribution in [0.5, 0.6) is 0 Å². The summed E-state index contributed by atoms with van der Waals surface area (Å²) in [4.78, 5) is 0. The van der Waals surface area contributed by atoms with Crippen molar-refractivity contribution in [3.63, 3.8) is 0 Å². The van der Waals surface area contributed by atoms with Crippen molar-refractivity contribution in [3.05, 3.63) is 0 Å². The normalized spacial score (nSPS) is 34.0. The van der Waals surface area contributed by atoms with Crippen LogP contribution >= 0.6 is 0 Å². The highest BCUT2D eigenvalue weighted by atomic mass is 16.3. The van der Waals surface area contributed by atoms with E-state index in [1.165, 1.54) is 12.8 Å². The van der Waals surface area contributed by atoms with E-state index in [1.807, 2.05) is 0 Å². The Morgan fingerprint density at radius 1 is 1.67 bits per heavy atom. The van der Waals surface area contributed by atoms with Gasteiger partial charge in [-0.2, -0.15) is 0 Å². The van der Waals surface area contributed by atoms with E-state index in [2.05, 4.69) is 12.2 Å². The van der Waals surface area contributed by atoms with Crippen LogP contribution in [0.2, 0.25) is 0 Å². The minimum atomic E-state index is 0.310. The second kappa shape index (κ2) is 3.18. The molecule has 0 saturated carbocycles. The summed E-state index contributed by atoms with van der Waals surface area (Å²) in [6.45, 7) is 3.61. The van der Waals surface area contributed by atoms with Crippen LogP contribution in [0, 0.1) is 5.92 Å². The molecule has 1 aliphatic heterocycles. The molecule has 2 nitrogen and oxygen atoms in total. The third-order valence-electron chi connectivity index (χ3n) is 2.07. The van der Waals surface area contributed by atoms with Crippen LogP contribution in [-0.2, 0) is 0 Å². The quantitative estimate of drug-likeness (QED) is 0.577. The van der Waals surface area contributed by atoms with Gasteiger partial charge in [0.25, 0.3) is 0 Å². The molecule has 0 bridgehead atoms. The molecule has 2 heteroatoms. The third kappa shape index (κ3) is 1.43. The second-order valence-corrected chi connectivity index (χ2v) is 2.75. The number of aliphatic hydroxyl groups excluding tert-OH is 1. The summed E-state index contributed by atoms with van der Waals surface area (Å²) in [5.41, 5.74) is 0. The number of hydrogen-bond acceptors (Lipinski definition) is 2. The first-order valence-electron chi connectivity index (χ1n) is 3.72. The van der Waals surface area contributed by atoms with Gasteiger partial charge in [-0.05, 0) is 18.9 Å². The Bertz CT molecular complexity index is 83.0. The predicted molar refractivity (Wildman–Crippen MR) is 37.3 cm³/mol. The molecule has 2 atom stereocenters. The Morgan fingerprint density at radius 2 is 2.44 bits per heavy atom. The smallest absolute Gasteiger partial charge is 0.0587 e. The standard InChI is InChI=1S/C7H15NO/c1-2-3-6-4-8-7(6)5-9/h6-9H,2-5H2,1H3/t6-,7+/m0/s1. The highest BCUT2D eigenvalue weighted by Gasteiger charge is 2.27. The summed E-state index contributed by atoms with van der Waals surface area (Å²) >= 11 is 0. The van der Waals surface area contributed by atoms with E-state index < -0.39 is 0 Å². The highest BCUT2D eigenvalue weighted by Crippen LogP contribution is 2.17. The van der Waals surface area contributed by atoms with Gasteiger partial charge in [0.1, 0.15) is 0 Å². The van der Waals surface area contributed by atoms with Gasteiger partial charge in [-0.3, -0.25) is 0 Å². The lowest BCUT2D eigenvalue weighted by Crippen LogP contribution is -2.54. The first kappa shape index (κ1) is 7.03. The zero-order valence-electron chi connectivity index (χ0n) is 5.93. The predicted octanol–water partition coefficient (Wildman–Crippen LogP) is 0.367. The van der Waals surface area contributed by atoms with Crippen molar-refractivity contribution in [1.29, 1.82) is 0 Å². The summed E-state index contributed by atoms with van der Waals surface area (Å²) in [5, 5.41) is 11.9. The molecule has 0 spiro atoms. The van der Waals surface area contributed by atoms with Crippen LogP contribution < -0.4 is 5.32 Å². The van der Waals surface area contributed by atoms with E-state index in [9.17, 15) is 0 Å². The minimum absolute atomic E-state index is 0.310. The summed E-state index contributed by atoms with van der Waals surface area (Å²) in [5.74, 6) is 0.750. The molecule has 54 valence electrons. The largest absolute Gasteiger partial charge is 0.395 e. The average Bonchev–Trinajstić information content (AvgIpc) is 1.82. The summed E-state index contributed by atoms with van der Waals surface area (Å²) < 4.78 is 0. The fraction of sp³-hybridized carbons (Fsp3) is 1.00. The van der Waals surface area contributed by atoms with Crippen LogP contribution in [0.1, 0.15) is 19.8 Å². The molecular formula is C7H15NO. The Balaban J connectivity index is 2.11. The van der Waals surface area contributed by atoms with Crippen molar-refractivity contribution in [2.24, 2.45) is 5.92 Å². The average molecular weight is 129 g/mol. The number of nitrogens with one attached hydrogen (secondary N) is 1. The minimum Gasteiger partial charge on any atom is -0.395 e. The molecule has 0 unspecified atom stereocenters. The number of aliphatic hydroxyl groups is 1. The SMILES string of the molecule is CCC[C@H]1CN[C@@H]1CO. The first-order valence-corrected chi connectivity index (χ1v) is 3.72. The highest BCUT2D eigenvalue weighted by molar-refractivity contribution is 4.86. The molecule has 2 N–H and O–H groups in total. The van der Waals surface area contributed by atoms with Crippen molar-refractivity contribution in [2.75, 3.05) is 13.2 Å². The first-order chi connectivity index (χ1) is 4.38. The van der Waals surface area contributed by atoms with Crippen LogP contribution in [0.3, 0.4) is 0 Å². The fourth-order valence-corrected chi connectivity index (χ4v) is 1.34. The van der Waals surface area contributed by atoms with Gasteiger partial charge in [-0.25, -0.2) is 0 Å². The molecule has 0 aromatic rings. The molecule has 1 aliphatic rings. The maximum absolute atomic E-state index is 8.72. The van der Waals surface area contributed by atoms with Crippen LogP contribution in [0.25, 0.3) is 0 Å². The van der Waals surface area contributed by atoms with E-state index in [-0.39, 0.29) is 0 Å². The summed E-state index contributed by atoms with van der Waals surface area (Å²) in [7, 11) is 0. The Labute approximate surface area is 56.3 Å². The van der Waals surface area contributed by atoms with Crippen LogP contribution in [0.4, 0.5) is 0 Å². The molecule has 0 amide bonds. The van der Waals surface area contributed by atoms with Gasteiger partial charge in [0.15, 0.2) is 0 Å². The van der Waals surface area contributed by atoms with Crippen LogP contribution in [0.15, 0.2) is 0 Å². The molecule has 9 heavy (non-hydrogen) atoms. The third-order valence-corrected chi connectivity index (χ3v) is 2.07. The molecule has 1 heterocycles. The van der Waals surface area contributed by atoms with Gasteiger partial charge < -0.3 is 10.4 Å². The van der Waals surface area contributed by atoms with Crippen molar-refractivity contribution in [1.82, 2.24) is 5.32 Å². The second-order valence-electron chi connectivity index (χ2n) is 2.75. The van der Waals surface area contributed by atoms with Gasteiger partial charge >= 0.3 is 0 Å². The van der Waals surface area contributed by atoms with E-state index in [4.69, 9.17) is 5.11 Å². The van der Waals surface area contributed by atoms with E-state index >= 15 is 0 Å². The molecule has 1 rings (SSSR count). The Morgan fingerprint density at radius 3 is 2.78 bits per heavy atom. The van der Waals surface area contributed by atoms with E-state index in [1.54, 1.807) is 0 Å². The topological polar surface area (TPSA) is 32.3 Å². The molecule has 1 fully saturated rings. The lowest BCUT2D eigenvalue weighted by molar-refractivity contribution is 0.129. The van der Waals surface area contributed by atoms with Gasteiger partial charge in [0, 0.05) is 6.04 Å². The van der Waals surface area contributed by atoms with Crippen molar-refractivity contribution < 1.29 is 5.11 Å². The molecule has 0 radical (unpaired) electrons. The lowest BCUT2D eigenvalue weighted by atomic mass is 9.88. The Hall–Kier alpha value is -0.0800. The van der Waals surface area contributed by atoms with Gasteiger partial charge in [0.05, 0.1) is 6.61 Å². The number of hydrogen-bond donors (Lipinski definition) is 2. The van der Waals surface area contributed by atoms with Crippen molar-refractivity contribution >= 4 is 0 Å². The zero-order valence-corrected chi connectivity index (χ0v) is 5.93. The molecule has 0 aromatic carbocycles. The van der Waals surface area contributed by atoms with Gasteiger partial charge in [-0.15, -0.1) is 0 Å².